The molecule has 308 valence electrons. The molecule has 16 nitrogen and oxygen atoms in total. The fraction of sp³-hybridized carbons (Fsp3) is 0.692. The summed E-state index contributed by atoms with van der Waals surface area (Å²) < 4.78 is 53.4. The van der Waals surface area contributed by atoms with E-state index in [2.05, 4.69) is 12.2 Å². The molecule has 2 aliphatic heterocycles. The number of nitrogens with one attached hydrogen (secondary N) is 1. The van der Waals surface area contributed by atoms with Crippen LogP contribution in [0.1, 0.15) is 106 Å². The summed E-state index contributed by atoms with van der Waals surface area (Å²) in [6.45, 7) is 11.3. The highest BCUT2D eigenvalue weighted by Gasteiger charge is 2.56. The minimum atomic E-state index is -1.57. The minimum absolute atomic E-state index is 0.0567. The third-order valence-corrected chi connectivity index (χ3v) is 8.96. The summed E-state index contributed by atoms with van der Waals surface area (Å²) in [4.78, 5) is 75.0. The highest BCUT2D eigenvalue weighted by atomic mass is 16.8. The second-order valence-corrected chi connectivity index (χ2v) is 13.8. The normalized spacial score (nSPS) is 28.2. The molecule has 1 amide bonds. The quantitative estimate of drug-likeness (QED) is 0.120. The number of amides is 1. The van der Waals surface area contributed by atoms with Crippen LogP contribution in [-0.2, 0) is 77.9 Å². The molecule has 3 rings (SSSR count). The molecule has 2 aliphatic rings. The van der Waals surface area contributed by atoms with Crippen molar-refractivity contribution in [1.82, 2.24) is 5.32 Å². The van der Waals surface area contributed by atoms with E-state index in [1.165, 1.54) is 13.8 Å². The molecule has 0 aliphatic carbocycles. The van der Waals surface area contributed by atoms with Crippen molar-refractivity contribution in [1.29, 1.82) is 0 Å². The van der Waals surface area contributed by atoms with Gasteiger partial charge in [-0.25, -0.2) is 0 Å². The van der Waals surface area contributed by atoms with Crippen molar-refractivity contribution in [3.05, 3.63) is 35.9 Å². The number of hydrogen-bond acceptors (Lipinski definition) is 15. The molecule has 1 N–H and O–H groups in total. The summed E-state index contributed by atoms with van der Waals surface area (Å²) in [6, 6.07) is 9.43. The van der Waals surface area contributed by atoms with Crippen molar-refractivity contribution in [3.8, 4) is 0 Å². The van der Waals surface area contributed by atoms with Crippen LogP contribution in [0.25, 0.3) is 0 Å². The topological polar surface area (TPSA) is 198 Å². The van der Waals surface area contributed by atoms with E-state index < -0.39 is 97.4 Å². The lowest BCUT2D eigenvalue weighted by Gasteiger charge is -2.48. The fourth-order valence-electron chi connectivity index (χ4n) is 6.60. The monoisotopic (exact) mass is 779 g/mol. The van der Waals surface area contributed by atoms with Crippen molar-refractivity contribution in [2.75, 3.05) is 0 Å². The van der Waals surface area contributed by atoms with E-state index in [1.54, 1.807) is 6.92 Å². The maximum Gasteiger partial charge on any atom is 0.303 e. The van der Waals surface area contributed by atoms with Gasteiger partial charge in [-0.1, -0.05) is 69.4 Å². The van der Waals surface area contributed by atoms with Gasteiger partial charge < -0.3 is 47.9 Å². The Balaban J connectivity index is 2.03. The van der Waals surface area contributed by atoms with Gasteiger partial charge in [0.2, 0.25) is 5.91 Å². The number of unbranched alkanes of at least 4 members (excludes halogenated alkanes) is 4. The second-order valence-electron chi connectivity index (χ2n) is 13.8. The van der Waals surface area contributed by atoms with Crippen molar-refractivity contribution in [2.24, 2.45) is 0 Å². The van der Waals surface area contributed by atoms with Crippen LogP contribution in [0, 0.1) is 0 Å². The number of esters is 5. The summed E-state index contributed by atoms with van der Waals surface area (Å²) in [7, 11) is 0. The zero-order valence-electron chi connectivity index (χ0n) is 33.0. The van der Waals surface area contributed by atoms with Gasteiger partial charge in [-0.2, -0.15) is 0 Å². The Morgan fingerprint density at radius 1 is 0.618 bits per heavy atom. The van der Waals surface area contributed by atoms with Gasteiger partial charge >= 0.3 is 29.8 Å². The van der Waals surface area contributed by atoms with Crippen LogP contribution in [0.5, 0.6) is 0 Å². The Morgan fingerprint density at radius 2 is 1.09 bits per heavy atom. The number of carbonyl (C=O) groups is 6. The molecule has 11 atom stereocenters. The molecule has 2 unspecified atom stereocenters. The molecular formula is C39H57NO15. The molecule has 2 saturated heterocycles. The summed E-state index contributed by atoms with van der Waals surface area (Å²) in [6.07, 6.45) is -8.61. The molecule has 55 heavy (non-hydrogen) atoms. The molecule has 0 saturated carbocycles. The van der Waals surface area contributed by atoms with E-state index in [4.69, 9.17) is 42.6 Å². The van der Waals surface area contributed by atoms with Crippen LogP contribution >= 0.6 is 0 Å². The van der Waals surface area contributed by atoms with Crippen molar-refractivity contribution < 1.29 is 71.4 Å². The molecule has 16 heteroatoms. The summed E-state index contributed by atoms with van der Waals surface area (Å²) >= 11 is 0. The molecule has 2 fully saturated rings. The third kappa shape index (κ3) is 14.8. The number of carbonyl (C=O) groups excluding carboxylic acids is 6. The fourth-order valence-corrected chi connectivity index (χ4v) is 6.60. The summed E-state index contributed by atoms with van der Waals surface area (Å²) in [5, 5.41) is 2.93. The summed E-state index contributed by atoms with van der Waals surface area (Å²) in [5.41, 5.74) is 0.915. The van der Waals surface area contributed by atoms with Gasteiger partial charge in [-0.05, 0) is 25.8 Å². The predicted octanol–water partition coefficient (Wildman–Crippen LogP) is 3.97. The molecule has 2 heterocycles. The van der Waals surface area contributed by atoms with E-state index in [9.17, 15) is 28.8 Å². The smallest absolute Gasteiger partial charge is 0.303 e. The molecule has 0 aromatic heterocycles. The van der Waals surface area contributed by atoms with Crippen molar-refractivity contribution in [3.63, 3.8) is 0 Å². The van der Waals surface area contributed by atoms with Crippen LogP contribution in [0.2, 0.25) is 0 Å². The lowest BCUT2D eigenvalue weighted by Crippen LogP contribution is -2.66. The molecule has 0 bridgehead atoms. The Hall–Kier alpha value is -4.12. The lowest BCUT2D eigenvalue weighted by molar-refractivity contribution is -0.367. The van der Waals surface area contributed by atoms with E-state index in [1.807, 2.05) is 30.3 Å². The first-order chi connectivity index (χ1) is 26.1. The number of ether oxygens (including phenoxy) is 9. The average Bonchev–Trinajstić information content (AvgIpc) is 3.09. The van der Waals surface area contributed by atoms with Crippen LogP contribution in [0.15, 0.2) is 30.3 Å². The van der Waals surface area contributed by atoms with Gasteiger partial charge in [0, 0.05) is 41.2 Å². The Labute approximate surface area is 322 Å². The highest BCUT2D eigenvalue weighted by Crippen LogP contribution is 2.36. The largest absolute Gasteiger partial charge is 0.456 e. The zero-order chi connectivity index (χ0) is 40.7. The highest BCUT2D eigenvalue weighted by molar-refractivity contribution is 5.76. The predicted molar refractivity (Wildman–Crippen MR) is 192 cm³/mol. The Bertz CT molecular complexity index is 1420. The first-order valence-electron chi connectivity index (χ1n) is 18.9. The van der Waals surface area contributed by atoms with E-state index in [-0.39, 0.29) is 12.3 Å². The Kier molecular flexibility index (Phi) is 18.5. The Morgan fingerprint density at radius 3 is 1.62 bits per heavy atom. The maximum atomic E-state index is 13.3. The average molecular weight is 780 g/mol. The first kappa shape index (κ1) is 45.3. The summed E-state index contributed by atoms with van der Waals surface area (Å²) in [5.74, 6) is -4.03. The van der Waals surface area contributed by atoms with Gasteiger partial charge in [0.1, 0.15) is 0 Å². The molecular weight excluding hydrogens is 722 g/mol. The first-order valence-corrected chi connectivity index (χ1v) is 18.9. The number of rotatable bonds is 19. The minimum Gasteiger partial charge on any atom is -0.456 e. The van der Waals surface area contributed by atoms with E-state index >= 15 is 0 Å². The molecule has 1 aromatic rings. The van der Waals surface area contributed by atoms with Gasteiger partial charge in [0.15, 0.2) is 49.2 Å². The lowest BCUT2D eigenvalue weighted by atomic mass is 9.96. The van der Waals surface area contributed by atoms with Crippen molar-refractivity contribution in [2.45, 2.75) is 174 Å². The van der Waals surface area contributed by atoms with Crippen LogP contribution in [-0.4, -0.2) is 103 Å². The number of benzene rings is 1. The van der Waals surface area contributed by atoms with Crippen LogP contribution < -0.4 is 5.32 Å². The molecule has 0 radical (unpaired) electrons. The van der Waals surface area contributed by atoms with Crippen molar-refractivity contribution >= 4 is 35.8 Å². The van der Waals surface area contributed by atoms with Crippen LogP contribution in [0.3, 0.4) is 0 Å². The van der Waals surface area contributed by atoms with E-state index in [0.29, 0.717) is 13.0 Å². The zero-order valence-corrected chi connectivity index (χ0v) is 33.0. The van der Waals surface area contributed by atoms with Gasteiger partial charge in [0.25, 0.3) is 0 Å². The van der Waals surface area contributed by atoms with E-state index in [0.717, 1.165) is 65.4 Å². The van der Waals surface area contributed by atoms with Crippen LogP contribution in [0.4, 0.5) is 0 Å². The third-order valence-electron chi connectivity index (χ3n) is 8.96. The SMILES string of the molecule is CCCCCCCC(CC(=O)NCc1ccccc1)O[C@@H]1O[C@@H](C)[C@H](OC(C)=O)[C@@H](OC(C)=O)[C@H]1O[C@@H]1O[C@H](C)C(OC(C)=O)[C@@H](OC(C)=O)[C@H]1OC(C)=O. The second kappa shape index (κ2) is 22.4. The van der Waals surface area contributed by atoms with Gasteiger partial charge in [-0.15, -0.1) is 0 Å². The standard InChI is InChI=1S/C39H57NO15/c1-9-10-11-12-16-19-30(20-31(46)40-21-29-17-14-13-15-18-29)54-38-37(35(52-27(7)44)33(22(2)47-38)50-25(5)42)55-39-36(53-28(8)45)34(51-26(6)43)32(23(3)48-39)49-24(4)41/h13-15,17-18,22-23,30,32-39H,9-12,16,19-21H2,1-8H3,(H,40,46)/t22-,23+,30?,32?,33-,34+,35+,36+,37+,38-,39-/m0/s1. The number of hydrogen-bond donors (Lipinski definition) is 1. The molecule has 1 aromatic carbocycles. The molecule has 0 spiro atoms. The van der Waals surface area contributed by atoms with Gasteiger partial charge in [0.05, 0.1) is 24.7 Å². The maximum absolute atomic E-state index is 13.3. The van der Waals surface area contributed by atoms with Gasteiger partial charge in [-0.3, -0.25) is 28.8 Å².